The monoisotopic (exact) mass is 262 g/mol. The normalized spacial score (nSPS) is 22.8. The van der Waals surface area contributed by atoms with Gasteiger partial charge in [-0.2, -0.15) is 0 Å². The van der Waals surface area contributed by atoms with Crippen LogP contribution in [0.2, 0.25) is 0 Å². The lowest BCUT2D eigenvalue weighted by atomic mass is 9.86. The summed E-state index contributed by atoms with van der Waals surface area (Å²) in [7, 11) is 1.38. The minimum atomic E-state index is -0.334. The Kier molecular flexibility index (Phi) is 4.30. The maximum Gasteiger partial charge on any atom is 0.337 e. The van der Waals surface area contributed by atoms with Crippen LogP contribution in [0.25, 0.3) is 0 Å². The third kappa shape index (κ3) is 3.19. The molecule has 0 radical (unpaired) electrons. The summed E-state index contributed by atoms with van der Waals surface area (Å²) in [6.45, 7) is 2.26. The first kappa shape index (κ1) is 13.7. The lowest BCUT2D eigenvalue weighted by Gasteiger charge is -2.30. The van der Waals surface area contributed by atoms with Gasteiger partial charge in [0.15, 0.2) is 0 Å². The highest BCUT2D eigenvalue weighted by atomic mass is 16.5. The van der Waals surface area contributed by atoms with Crippen molar-refractivity contribution in [2.45, 2.75) is 38.6 Å². The molecular formula is C15H22N2O2. The van der Waals surface area contributed by atoms with Crippen LogP contribution >= 0.6 is 0 Å². The number of rotatable bonds is 3. The summed E-state index contributed by atoms with van der Waals surface area (Å²) in [4.78, 5) is 11.5. The fraction of sp³-hybridized carbons (Fsp3) is 0.533. The van der Waals surface area contributed by atoms with Gasteiger partial charge in [-0.15, -0.1) is 0 Å². The maximum absolute atomic E-state index is 11.5. The van der Waals surface area contributed by atoms with Gasteiger partial charge < -0.3 is 15.8 Å². The van der Waals surface area contributed by atoms with Crippen molar-refractivity contribution in [1.82, 2.24) is 0 Å². The van der Waals surface area contributed by atoms with Crippen molar-refractivity contribution in [3.63, 3.8) is 0 Å². The van der Waals surface area contributed by atoms with Gasteiger partial charge in [0, 0.05) is 6.04 Å². The third-order valence-electron chi connectivity index (χ3n) is 3.93. The van der Waals surface area contributed by atoms with Crippen LogP contribution in [0, 0.1) is 5.92 Å². The number of methoxy groups -OCH3 is 1. The molecule has 4 nitrogen and oxygen atoms in total. The molecule has 1 aliphatic rings. The van der Waals surface area contributed by atoms with E-state index in [9.17, 15) is 4.79 Å². The van der Waals surface area contributed by atoms with E-state index >= 15 is 0 Å². The van der Waals surface area contributed by atoms with Gasteiger partial charge in [0.05, 0.1) is 24.0 Å². The van der Waals surface area contributed by atoms with Crippen molar-refractivity contribution < 1.29 is 9.53 Å². The zero-order valence-electron chi connectivity index (χ0n) is 11.6. The van der Waals surface area contributed by atoms with Crippen molar-refractivity contribution in [1.29, 1.82) is 0 Å². The van der Waals surface area contributed by atoms with Crippen LogP contribution in [0.15, 0.2) is 18.2 Å². The van der Waals surface area contributed by atoms with Crippen molar-refractivity contribution in [3.05, 3.63) is 23.8 Å². The first-order chi connectivity index (χ1) is 9.11. The fourth-order valence-corrected chi connectivity index (χ4v) is 2.66. The number of nitrogens with one attached hydrogen (secondary N) is 1. The Morgan fingerprint density at radius 3 is 2.79 bits per heavy atom. The van der Waals surface area contributed by atoms with Crippen LogP contribution in [0.5, 0.6) is 0 Å². The predicted octanol–water partition coefficient (Wildman–Crippen LogP) is 3.05. The number of benzene rings is 1. The highest BCUT2D eigenvalue weighted by Gasteiger charge is 2.22. The van der Waals surface area contributed by atoms with Gasteiger partial charge in [0.1, 0.15) is 0 Å². The SMILES string of the molecule is COC(=O)c1ccc(N)c(NC2CCCCC2C)c1. The molecule has 0 heterocycles. The number of hydrogen-bond acceptors (Lipinski definition) is 4. The molecule has 19 heavy (non-hydrogen) atoms. The molecule has 1 aromatic carbocycles. The van der Waals surface area contributed by atoms with E-state index < -0.39 is 0 Å². The number of carbonyl (C=O) groups is 1. The average Bonchev–Trinajstić information content (AvgIpc) is 2.42. The Labute approximate surface area is 114 Å². The van der Waals surface area contributed by atoms with Gasteiger partial charge >= 0.3 is 5.97 Å². The first-order valence-electron chi connectivity index (χ1n) is 6.86. The van der Waals surface area contributed by atoms with E-state index in [1.54, 1.807) is 18.2 Å². The molecule has 1 fully saturated rings. The lowest BCUT2D eigenvalue weighted by molar-refractivity contribution is 0.0601. The molecule has 0 spiro atoms. The highest BCUT2D eigenvalue weighted by molar-refractivity contribution is 5.92. The van der Waals surface area contributed by atoms with E-state index in [4.69, 9.17) is 10.5 Å². The summed E-state index contributed by atoms with van der Waals surface area (Å²) in [5.74, 6) is 0.301. The average molecular weight is 262 g/mol. The molecule has 0 amide bonds. The zero-order valence-corrected chi connectivity index (χ0v) is 11.6. The maximum atomic E-state index is 11.5. The number of ether oxygens (including phenoxy) is 1. The molecule has 104 valence electrons. The summed E-state index contributed by atoms with van der Waals surface area (Å²) in [6, 6.07) is 5.66. The van der Waals surface area contributed by atoms with Crippen molar-refractivity contribution in [3.8, 4) is 0 Å². The summed E-state index contributed by atoms with van der Waals surface area (Å²) in [6.07, 6.45) is 4.95. The largest absolute Gasteiger partial charge is 0.465 e. The molecule has 1 saturated carbocycles. The molecule has 4 heteroatoms. The summed E-state index contributed by atoms with van der Waals surface area (Å²) in [5.41, 5.74) is 8.02. The van der Waals surface area contributed by atoms with E-state index in [1.807, 2.05) is 0 Å². The molecule has 2 unspecified atom stereocenters. The number of nitrogen functional groups attached to an aromatic ring is 1. The molecule has 0 aliphatic heterocycles. The van der Waals surface area contributed by atoms with E-state index in [1.165, 1.54) is 26.4 Å². The Bertz CT molecular complexity index is 459. The van der Waals surface area contributed by atoms with Gasteiger partial charge in [0.2, 0.25) is 0 Å². The van der Waals surface area contributed by atoms with Crippen LogP contribution in [-0.2, 0) is 4.74 Å². The van der Waals surface area contributed by atoms with E-state index in [-0.39, 0.29) is 5.97 Å². The molecule has 1 aromatic rings. The quantitative estimate of drug-likeness (QED) is 0.649. The topological polar surface area (TPSA) is 64.3 Å². The Balaban J connectivity index is 2.16. The molecule has 3 N–H and O–H groups in total. The molecule has 0 aromatic heterocycles. The van der Waals surface area contributed by atoms with Gasteiger partial charge in [-0.05, 0) is 37.0 Å². The van der Waals surface area contributed by atoms with E-state index in [2.05, 4.69) is 12.2 Å². The van der Waals surface area contributed by atoms with Crippen LogP contribution < -0.4 is 11.1 Å². The number of carbonyl (C=O) groups excluding carboxylic acids is 1. The van der Waals surface area contributed by atoms with E-state index in [0.29, 0.717) is 23.2 Å². The lowest BCUT2D eigenvalue weighted by Crippen LogP contribution is -2.30. The summed E-state index contributed by atoms with van der Waals surface area (Å²) < 4.78 is 4.73. The van der Waals surface area contributed by atoms with Crippen LogP contribution in [0.1, 0.15) is 43.0 Å². The standard InChI is InChI=1S/C15H22N2O2/c1-10-5-3-4-6-13(10)17-14-9-11(15(18)19-2)7-8-12(14)16/h7-10,13,17H,3-6,16H2,1-2H3. The first-order valence-corrected chi connectivity index (χ1v) is 6.86. The zero-order chi connectivity index (χ0) is 13.8. The van der Waals surface area contributed by atoms with Crippen molar-refractivity contribution >= 4 is 17.3 Å². The number of hydrogen-bond donors (Lipinski definition) is 2. The minimum absolute atomic E-state index is 0.334. The third-order valence-corrected chi connectivity index (χ3v) is 3.93. The van der Waals surface area contributed by atoms with Crippen LogP contribution in [0.4, 0.5) is 11.4 Å². The van der Waals surface area contributed by atoms with Crippen molar-refractivity contribution in [2.24, 2.45) is 5.92 Å². The summed E-state index contributed by atoms with van der Waals surface area (Å²) >= 11 is 0. The highest BCUT2D eigenvalue weighted by Crippen LogP contribution is 2.29. The Morgan fingerprint density at radius 1 is 1.37 bits per heavy atom. The molecule has 0 bridgehead atoms. The van der Waals surface area contributed by atoms with Crippen LogP contribution in [0.3, 0.4) is 0 Å². The second kappa shape index (κ2) is 5.95. The fourth-order valence-electron chi connectivity index (χ4n) is 2.66. The predicted molar refractivity (Wildman–Crippen MR) is 77.2 cm³/mol. The smallest absolute Gasteiger partial charge is 0.337 e. The summed E-state index contributed by atoms with van der Waals surface area (Å²) in [5, 5.41) is 3.49. The Morgan fingerprint density at radius 2 is 2.11 bits per heavy atom. The van der Waals surface area contributed by atoms with Crippen molar-refractivity contribution in [2.75, 3.05) is 18.2 Å². The molecule has 2 rings (SSSR count). The van der Waals surface area contributed by atoms with Crippen LogP contribution in [-0.4, -0.2) is 19.1 Å². The van der Waals surface area contributed by atoms with Gasteiger partial charge in [-0.1, -0.05) is 19.8 Å². The molecule has 1 aliphatic carbocycles. The number of esters is 1. The molecular weight excluding hydrogens is 240 g/mol. The van der Waals surface area contributed by atoms with Gasteiger partial charge in [-0.25, -0.2) is 4.79 Å². The Hall–Kier alpha value is -1.71. The number of nitrogens with two attached hydrogens (primary N) is 1. The molecule has 2 atom stereocenters. The van der Waals surface area contributed by atoms with Gasteiger partial charge in [0.25, 0.3) is 0 Å². The number of anilines is 2. The van der Waals surface area contributed by atoms with E-state index in [0.717, 1.165) is 12.1 Å². The second-order valence-electron chi connectivity index (χ2n) is 5.31. The molecule has 0 saturated heterocycles. The minimum Gasteiger partial charge on any atom is -0.465 e. The second-order valence-corrected chi connectivity index (χ2v) is 5.31. The van der Waals surface area contributed by atoms with Gasteiger partial charge in [-0.3, -0.25) is 0 Å².